The number of rotatable bonds is 6. The predicted octanol–water partition coefficient (Wildman–Crippen LogP) is 4.33. The maximum absolute atomic E-state index is 13.3. The van der Waals surface area contributed by atoms with Gasteiger partial charge in [-0.1, -0.05) is 54.8 Å². The zero-order valence-electron chi connectivity index (χ0n) is 19.1. The second-order valence-electron chi connectivity index (χ2n) is 8.82. The summed E-state index contributed by atoms with van der Waals surface area (Å²) in [6, 6.07) is 15.8. The van der Waals surface area contributed by atoms with Crippen LogP contribution in [-0.4, -0.2) is 48.1 Å². The summed E-state index contributed by atoms with van der Waals surface area (Å²) >= 11 is 0. The standard InChI is InChI=1S/C26H31N3O3/c1-18-11-13-19(14-12-18)24-16-23(21-9-6-10-22(15-21)32-3)27-29(24)25(30)17-28(2)26(31)20-7-4-5-8-20/h6,9-15,20,24H,4-5,7-8,16-17H2,1-3H3/t24-/m0/s1. The van der Waals surface area contributed by atoms with E-state index >= 15 is 0 Å². The zero-order chi connectivity index (χ0) is 22.7. The number of hydrogen-bond donors (Lipinski definition) is 0. The maximum Gasteiger partial charge on any atom is 0.262 e. The molecule has 1 atom stereocenters. The van der Waals surface area contributed by atoms with Gasteiger partial charge in [0.1, 0.15) is 12.3 Å². The molecule has 2 aromatic carbocycles. The Morgan fingerprint density at radius 1 is 1.12 bits per heavy atom. The number of methoxy groups -OCH3 is 1. The Bertz CT molecular complexity index is 1010. The van der Waals surface area contributed by atoms with E-state index in [0.717, 1.165) is 48.3 Å². The third-order valence-electron chi connectivity index (χ3n) is 6.48. The number of carbonyl (C=O) groups is 2. The Morgan fingerprint density at radius 3 is 2.53 bits per heavy atom. The van der Waals surface area contributed by atoms with Crippen LogP contribution in [0.5, 0.6) is 5.75 Å². The van der Waals surface area contributed by atoms with E-state index in [0.29, 0.717) is 6.42 Å². The van der Waals surface area contributed by atoms with Gasteiger partial charge in [0.15, 0.2) is 0 Å². The van der Waals surface area contributed by atoms with Crippen LogP contribution >= 0.6 is 0 Å². The van der Waals surface area contributed by atoms with Crippen molar-refractivity contribution in [2.75, 3.05) is 20.7 Å². The molecule has 2 aliphatic rings. The van der Waals surface area contributed by atoms with E-state index in [9.17, 15) is 9.59 Å². The molecule has 0 spiro atoms. The van der Waals surface area contributed by atoms with Gasteiger partial charge in [-0.3, -0.25) is 9.59 Å². The van der Waals surface area contributed by atoms with Crippen LogP contribution in [0.2, 0.25) is 0 Å². The van der Waals surface area contributed by atoms with Crippen LogP contribution in [0.25, 0.3) is 0 Å². The number of hydrogen-bond acceptors (Lipinski definition) is 4. The number of hydrazone groups is 1. The van der Waals surface area contributed by atoms with Crippen molar-refractivity contribution in [3.63, 3.8) is 0 Å². The van der Waals surface area contributed by atoms with Crippen molar-refractivity contribution in [3.05, 3.63) is 65.2 Å². The Morgan fingerprint density at radius 2 is 1.84 bits per heavy atom. The molecule has 0 aromatic heterocycles. The van der Waals surface area contributed by atoms with Crippen LogP contribution < -0.4 is 4.74 Å². The van der Waals surface area contributed by atoms with Gasteiger partial charge in [0, 0.05) is 24.9 Å². The summed E-state index contributed by atoms with van der Waals surface area (Å²) in [7, 11) is 3.36. The van der Waals surface area contributed by atoms with Crippen LogP contribution in [0.15, 0.2) is 53.6 Å². The largest absolute Gasteiger partial charge is 0.497 e. The lowest BCUT2D eigenvalue weighted by Gasteiger charge is -2.26. The summed E-state index contributed by atoms with van der Waals surface area (Å²) < 4.78 is 5.36. The summed E-state index contributed by atoms with van der Waals surface area (Å²) in [6.45, 7) is 2.08. The highest BCUT2D eigenvalue weighted by Gasteiger charge is 2.35. The SMILES string of the molecule is COc1cccc(C2=NN(C(=O)CN(C)C(=O)C3CCCC3)[C@H](c3ccc(C)cc3)C2)c1. The quantitative estimate of drug-likeness (QED) is 0.681. The van der Waals surface area contributed by atoms with Crippen LogP contribution in [0.1, 0.15) is 54.8 Å². The molecule has 6 heteroatoms. The van der Waals surface area contributed by atoms with Crippen LogP contribution in [0.4, 0.5) is 0 Å². The van der Waals surface area contributed by atoms with Crippen molar-refractivity contribution in [2.24, 2.45) is 11.0 Å². The summed E-state index contributed by atoms with van der Waals surface area (Å²) in [4.78, 5) is 27.6. The van der Waals surface area contributed by atoms with E-state index < -0.39 is 0 Å². The lowest BCUT2D eigenvalue weighted by molar-refractivity contribution is -0.142. The lowest BCUT2D eigenvalue weighted by atomic mass is 9.97. The third kappa shape index (κ3) is 4.69. The number of aryl methyl sites for hydroxylation is 1. The fourth-order valence-corrected chi connectivity index (χ4v) is 4.60. The van der Waals surface area contributed by atoms with E-state index in [-0.39, 0.29) is 30.3 Å². The van der Waals surface area contributed by atoms with E-state index in [2.05, 4.69) is 24.3 Å². The molecule has 0 N–H and O–H groups in total. The molecular weight excluding hydrogens is 402 g/mol. The van der Waals surface area contributed by atoms with E-state index in [1.807, 2.05) is 31.2 Å². The Hall–Kier alpha value is -3.15. The molecule has 1 fully saturated rings. The molecule has 168 valence electrons. The highest BCUT2D eigenvalue weighted by Crippen LogP contribution is 2.34. The Balaban J connectivity index is 1.58. The molecule has 6 nitrogen and oxygen atoms in total. The summed E-state index contributed by atoms with van der Waals surface area (Å²) in [5.74, 6) is 0.708. The molecule has 32 heavy (non-hydrogen) atoms. The number of likely N-dealkylation sites (N-methyl/N-ethyl adjacent to an activating group) is 1. The Labute approximate surface area is 189 Å². The fourth-order valence-electron chi connectivity index (χ4n) is 4.60. The van der Waals surface area contributed by atoms with Gasteiger partial charge in [0.05, 0.1) is 18.9 Å². The molecular formula is C26H31N3O3. The molecule has 4 rings (SSSR count). The molecule has 0 radical (unpaired) electrons. The molecule has 1 heterocycles. The van der Waals surface area contributed by atoms with Crippen LogP contribution in [-0.2, 0) is 9.59 Å². The lowest BCUT2D eigenvalue weighted by Crippen LogP contribution is -2.41. The molecule has 0 bridgehead atoms. The van der Waals surface area contributed by atoms with Crippen molar-refractivity contribution in [1.29, 1.82) is 0 Å². The van der Waals surface area contributed by atoms with E-state index in [1.54, 1.807) is 24.1 Å². The highest BCUT2D eigenvalue weighted by atomic mass is 16.5. The average molecular weight is 434 g/mol. The molecule has 1 saturated carbocycles. The number of nitrogens with zero attached hydrogens (tertiary/aromatic N) is 3. The Kier molecular flexibility index (Phi) is 6.58. The number of benzene rings is 2. The number of carbonyl (C=O) groups excluding carboxylic acids is 2. The molecule has 2 amide bonds. The van der Waals surface area contributed by atoms with Crippen LogP contribution in [0, 0.1) is 12.8 Å². The van der Waals surface area contributed by atoms with Gasteiger partial charge in [-0.25, -0.2) is 5.01 Å². The van der Waals surface area contributed by atoms with Crippen LogP contribution in [0.3, 0.4) is 0 Å². The minimum absolute atomic E-state index is 0.0343. The first-order valence-electron chi connectivity index (χ1n) is 11.3. The molecule has 0 unspecified atom stereocenters. The van der Waals surface area contributed by atoms with Crippen molar-refractivity contribution in [2.45, 2.75) is 45.1 Å². The van der Waals surface area contributed by atoms with Gasteiger partial charge >= 0.3 is 0 Å². The van der Waals surface area contributed by atoms with Gasteiger partial charge in [0.25, 0.3) is 5.91 Å². The first-order chi connectivity index (χ1) is 15.5. The van der Waals surface area contributed by atoms with Crippen molar-refractivity contribution < 1.29 is 14.3 Å². The summed E-state index contributed by atoms with van der Waals surface area (Å²) in [6.07, 6.45) is 4.64. The minimum Gasteiger partial charge on any atom is -0.497 e. The van der Waals surface area contributed by atoms with Gasteiger partial charge < -0.3 is 9.64 Å². The molecule has 0 saturated heterocycles. The summed E-state index contributed by atoms with van der Waals surface area (Å²) in [5, 5.41) is 6.30. The third-order valence-corrected chi connectivity index (χ3v) is 6.48. The van der Waals surface area contributed by atoms with Gasteiger partial charge in [-0.15, -0.1) is 0 Å². The zero-order valence-corrected chi connectivity index (χ0v) is 19.1. The predicted molar refractivity (Wildman–Crippen MR) is 125 cm³/mol. The number of amides is 2. The molecule has 1 aliphatic heterocycles. The molecule has 2 aromatic rings. The monoisotopic (exact) mass is 433 g/mol. The topological polar surface area (TPSA) is 62.2 Å². The molecule has 1 aliphatic carbocycles. The van der Waals surface area contributed by atoms with Crippen molar-refractivity contribution >= 4 is 17.5 Å². The second-order valence-corrected chi connectivity index (χ2v) is 8.82. The van der Waals surface area contributed by atoms with Crippen molar-refractivity contribution in [1.82, 2.24) is 9.91 Å². The fraction of sp³-hybridized carbons (Fsp3) is 0.423. The van der Waals surface area contributed by atoms with Crippen molar-refractivity contribution in [3.8, 4) is 5.75 Å². The normalized spacial score (nSPS) is 18.5. The van der Waals surface area contributed by atoms with Gasteiger partial charge in [-0.2, -0.15) is 5.10 Å². The number of ether oxygens (including phenoxy) is 1. The first kappa shape index (κ1) is 22.1. The van der Waals surface area contributed by atoms with E-state index in [1.165, 1.54) is 5.56 Å². The highest BCUT2D eigenvalue weighted by molar-refractivity contribution is 6.03. The van der Waals surface area contributed by atoms with Gasteiger partial charge in [0.2, 0.25) is 5.91 Å². The maximum atomic E-state index is 13.3. The minimum atomic E-state index is -0.195. The van der Waals surface area contributed by atoms with Gasteiger partial charge in [-0.05, 0) is 37.5 Å². The average Bonchev–Trinajstić information content (AvgIpc) is 3.50. The van der Waals surface area contributed by atoms with E-state index in [4.69, 9.17) is 9.84 Å². The first-order valence-corrected chi connectivity index (χ1v) is 11.3. The second kappa shape index (κ2) is 9.55. The smallest absolute Gasteiger partial charge is 0.262 e. The summed E-state index contributed by atoms with van der Waals surface area (Å²) in [5.41, 5.74) is 3.98.